The Bertz CT molecular complexity index is 318. The van der Waals surface area contributed by atoms with Gasteiger partial charge in [-0.05, 0) is 18.9 Å². The topological polar surface area (TPSA) is 125 Å². The first kappa shape index (κ1) is 15.1. The van der Waals surface area contributed by atoms with E-state index in [-0.39, 0.29) is 18.9 Å². The van der Waals surface area contributed by atoms with Crippen LogP contribution in [0.3, 0.4) is 0 Å². The van der Waals surface area contributed by atoms with Crippen molar-refractivity contribution in [1.29, 1.82) is 0 Å². The van der Waals surface area contributed by atoms with E-state index in [0.29, 0.717) is 25.2 Å². The molecule has 0 amide bonds. The lowest BCUT2D eigenvalue weighted by Gasteiger charge is -2.36. The van der Waals surface area contributed by atoms with Crippen molar-refractivity contribution in [1.82, 2.24) is 5.32 Å². The highest BCUT2D eigenvalue weighted by molar-refractivity contribution is 5.29. The molecule has 2 atom stereocenters. The lowest BCUT2D eigenvalue weighted by molar-refractivity contribution is -0.0496. The summed E-state index contributed by atoms with van der Waals surface area (Å²) in [6, 6.07) is 0. The second kappa shape index (κ2) is 6.86. The smallest absolute Gasteiger partial charge is 0.151 e. The minimum atomic E-state index is -1.35. The van der Waals surface area contributed by atoms with Crippen LogP contribution in [0.25, 0.3) is 0 Å². The Morgan fingerprint density at radius 3 is 2.78 bits per heavy atom. The first-order chi connectivity index (χ1) is 8.48. The Hall–Kier alpha value is -0.920. The molecular formula is C12H23N3O3. The third-order valence-corrected chi connectivity index (χ3v) is 3.16. The molecule has 2 unspecified atom stereocenters. The maximum absolute atomic E-state index is 8.94. The van der Waals surface area contributed by atoms with Gasteiger partial charge in [-0.2, -0.15) is 0 Å². The minimum Gasteiger partial charge on any atom is -0.399 e. The summed E-state index contributed by atoms with van der Waals surface area (Å²) in [6.45, 7) is 1.14. The van der Waals surface area contributed by atoms with Gasteiger partial charge >= 0.3 is 0 Å². The number of hydrogen-bond donors (Lipinski definition) is 6. The van der Waals surface area contributed by atoms with Crippen LogP contribution in [0, 0.1) is 5.92 Å². The van der Waals surface area contributed by atoms with Crippen molar-refractivity contribution in [2.24, 2.45) is 17.4 Å². The van der Waals surface area contributed by atoms with E-state index < -0.39 is 11.8 Å². The molecule has 0 spiro atoms. The average Bonchev–Trinajstić information content (AvgIpc) is 2.32. The average molecular weight is 257 g/mol. The summed E-state index contributed by atoms with van der Waals surface area (Å²) < 4.78 is 0. The molecule has 0 saturated carbocycles. The predicted octanol–water partition coefficient (Wildman–Crippen LogP) is -1.61. The van der Waals surface area contributed by atoms with Gasteiger partial charge in [-0.1, -0.05) is 12.2 Å². The first-order valence-electron chi connectivity index (χ1n) is 6.11. The van der Waals surface area contributed by atoms with Gasteiger partial charge in [0.1, 0.15) is 0 Å². The van der Waals surface area contributed by atoms with Gasteiger partial charge in [-0.15, -0.1) is 0 Å². The van der Waals surface area contributed by atoms with Crippen LogP contribution in [0.1, 0.15) is 12.8 Å². The molecule has 18 heavy (non-hydrogen) atoms. The molecule has 0 radical (unpaired) electrons. The van der Waals surface area contributed by atoms with Gasteiger partial charge in [-0.25, -0.2) is 0 Å². The lowest BCUT2D eigenvalue weighted by atomic mass is 9.77. The van der Waals surface area contributed by atoms with Gasteiger partial charge in [-0.3, -0.25) is 0 Å². The minimum absolute atomic E-state index is 0.0344. The van der Waals surface area contributed by atoms with Gasteiger partial charge in [0, 0.05) is 30.2 Å². The summed E-state index contributed by atoms with van der Waals surface area (Å²) in [5, 5.41) is 29.7. The van der Waals surface area contributed by atoms with Crippen LogP contribution < -0.4 is 16.8 Å². The summed E-state index contributed by atoms with van der Waals surface area (Å²) in [5.74, 6) is -0.0344. The molecule has 1 rings (SSSR count). The highest BCUT2D eigenvalue weighted by Crippen LogP contribution is 2.28. The van der Waals surface area contributed by atoms with E-state index in [0.717, 1.165) is 0 Å². The zero-order valence-corrected chi connectivity index (χ0v) is 10.4. The van der Waals surface area contributed by atoms with Crippen LogP contribution in [0.4, 0.5) is 0 Å². The summed E-state index contributed by atoms with van der Waals surface area (Å²) in [5.41, 5.74) is 12.0. The molecule has 0 aromatic carbocycles. The number of aliphatic hydroxyl groups is 3. The SMILES string of the molecule is NC1=CC(CNCCO)C(N)(CCC(O)O)C=C1. The number of aliphatic hydroxyl groups excluding tert-OH is 2. The molecule has 0 saturated heterocycles. The largest absolute Gasteiger partial charge is 0.399 e. The van der Waals surface area contributed by atoms with E-state index in [4.69, 9.17) is 26.8 Å². The standard InChI is InChI=1S/C12H23N3O3/c13-10-1-3-12(14,4-2-11(17)18)9(7-10)8-15-5-6-16/h1,3,7,9,11,15-18H,2,4-6,8,13-14H2. The van der Waals surface area contributed by atoms with Gasteiger partial charge in [0.2, 0.25) is 0 Å². The maximum atomic E-state index is 8.94. The van der Waals surface area contributed by atoms with Gasteiger partial charge in [0.05, 0.1) is 6.61 Å². The highest BCUT2D eigenvalue weighted by atomic mass is 16.5. The molecule has 6 nitrogen and oxygen atoms in total. The molecule has 1 aliphatic rings. The molecule has 8 N–H and O–H groups in total. The predicted molar refractivity (Wildman–Crippen MR) is 69.2 cm³/mol. The van der Waals surface area contributed by atoms with Crippen LogP contribution >= 0.6 is 0 Å². The van der Waals surface area contributed by atoms with Gasteiger partial charge in [0.25, 0.3) is 0 Å². The van der Waals surface area contributed by atoms with Crippen LogP contribution in [0.15, 0.2) is 23.9 Å². The van der Waals surface area contributed by atoms with Gasteiger partial charge < -0.3 is 32.1 Å². The molecular weight excluding hydrogens is 234 g/mol. The first-order valence-corrected chi connectivity index (χ1v) is 6.11. The number of allylic oxidation sites excluding steroid dienone is 1. The second-order valence-corrected chi connectivity index (χ2v) is 4.67. The molecule has 0 aromatic rings. The summed E-state index contributed by atoms with van der Waals surface area (Å²) >= 11 is 0. The maximum Gasteiger partial charge on any atom is 0.151 e. The van der Waals surface area contributed by atoms with Crippen molar-refractivity contribution in [3.63, 3.8) is 0 Å². The third-order valence-electron chi connectivity index (χ3n) is 3.16. The molecule has 104 valence electrons. The van der Waals surface area contributed by atoms with Crippen molar-refractivity contribution in [3.05, 3.63) is 23.9 Å². The Morgan fingerprint density at radius 2 is 2.17 bits per heavy atom. The molecule has 0 fully saturated rings. The normalized spacial score (nSPS) is 27.6. The Morgan fingerprint density at radius 1 is 1.44 bits per heavy atom. The van der Waals surface area contributed by atoms with Crippen molar-refractivity contribution in [2.45, 2.75) is 24.7 Å². The van der Waals surface area contributed by atoms with Crippen molar-refractivity contribution in [3.8, 4) is 0 Å². The second-order valence-electron chi connectivity index (χ2n) is 4.67. The van der Waals surface area contributed by atoms with Crippen molar-refractivity contribution >= 4 is 0 Å². The van der Waals surface area contributed by atoms with Crippen molar-refractivity contribution in [2.75, 3.05) is 19.7 Å². The summed E-state index contributed by atoms with van der Waals surface area (Å²) in [7, 11) is 0. The van der Waals surface area contributed by atoms with E-state index in [2.05, 4.69) is 5.32 Å². The molecule has 0 bridgehead atoms. The fourth-order valence-electron chi connectivity index (χ4n) is 2.05. The van der Waals surface area contributed by atoms with Crippen LogP contribution in [0.2, 0.25) is 0 Å². The van der Waals surface area contributed by atoms with Crippen molar-refractivity contribution < 1.29 is 15.3 Å². The highest BCUT2D eigenvalue weighted by Gasteiger charge is 2.33. The third kappa shape index (κ3) is 4.40. The van der Waals surface area contributed by atoms with E-state index in [1.54, 1.807) is 6.08 Å². The Labute approximate surface area is 107 Å². The van der Waals surface area contributed by atoms with Crippen LogP contribution in [-0.2, 0) is 0 Å². The zero-order valence-electron chi connectivity index (χ0n) is 10.4. The molecule has 0 aromatic heterocycles. The number of hydrogen-bond acceptors (Lipinski definition) is 6. The fraction of sp³-hybridized carbons (Fsp3) is 0.667. The lowest BCUT2D eigenvalue weighted by Crippen LogP contribution is -2.50. The van der Waals surface area contributed by atoms with E-state index >= 15 is 0 Å². The molecule has 0 aliphatic heterocycles. The monoisotopic (exact) mass is 257 g/mol. The molecule has 1 aliphatic carbocycles. The molecule has 0 heterocycles. The number of nitrogens with two attached hydrogens (primary N) is 2. The zero-order chi connectivity index (χ0) is 13.6. The van der Waals surface area contributed by atoms with Crippen LogP contribution in [-0.4, -0.2) is 46.8 Å². The molecule has 6 heteroatoms. The Kier molecular flexibility index (Phi) is 5.77. The van der Waals surface area contributed by atoms with Gasteiger partial charge in [0.15, 0.2) is 6.29 Å². The fourth-order valence-corrected chi connectivity index (χ4v) is 2.05. The number of nitrogens with one attached hydrogen (secondary N) is 1. The summed E-state index contributed by atoms with van der Waals surface area (Å²) in [4.78, 5) is 0. The van der Waals surface area contributed by atoms with E-state index in [1.807, 2.05) is 12.2 Å². The summed E-state index contributed by atoms with van der Waals surface area (Å²) in [6.07, 6.45) is 4.74. The number of rotatable bonds is 7. The Balaban J connectivity index is 2.64. The van der Waals surface area contributed by atoms with E-state index in [9.17, 15) is 0 Å². The van der Waals surface area contributed by atoms with Crippen LogP contribution in [0.5, 0.6) is 0 Å². The quantitative estimate of drug-likeness (QED) is 0.241. The van der Waals surface area contributed by atoms with E-state index in [1.165, 1.54) is 0 Å².